The van der Waals surface area contributed by atoms with Crippen LogP contribution in [-0.2, 0) is 4.79 Å². The van der Waals surface area contributed by atoms with Gasteiger partial charge < -0.3 is 5.32 Å². The Morgan fingerprint density at radius 1 is 1.26 bits per heavy atom. The molecule has 0 atom stereocenters. The smallest absolute Gasteiger partial charge is 0.248 e. The number of carbonyl (C=O) groups is 1. The minimum Gasteiger partial charge on any atom is -0.322 e. The van der Waals surface area contributed by atoms with Crippen molar-refractivity contribution in [3.8, 4) is 0 Å². The minimum absolute atomic E-state index is 0.113. The second-order valence-corrected chi connectivity index (χ2v) is 6.71. The van der Waals surface area contributed by atoms with Crippen LogP contribution in [0.1, 0.15) is 16.0 Å². The van der Waals surface area contributed by atoms with Crippen LogP contribution in [0.4, 0.5) is 5.69 Å². The molecule has 0 saturated carbocycles. The van der Waals surface area contributed by atoms with Crippen LogP contribution in [0.5, 0.6) is 0 Å². The lowest BCUT2D eigenvalue weighted by molar-refractivity contribution is -0.111. The second kappa shape index (κ2) is 6.17. The van der Waals surface area contributed by atoms with Gasteiger partial charge in [0.2, 0.25) is 5.91 Å². The zero-order chi connectivity index (χ0) is 13.8. The van der Waals surface area contributed by atoms with E-state index in [1.165, 1.54) is 5.56 Å². The van der Waals surface area contributed by atoms with Crippen LogP contribution >= 0.6 is 27.3 Å². The van der Waals surface area contributed by atoms with Gasteiger partial charge in [0.1, 0.15) is 0 Å². The molecule has 1 amide bonds. The predicted molar refractivity (Wildman–Crippen MR) is 85.6 cm³/mol. The van der Waals surface area contributed by atoms with Crippen molar-refractivity contribution in [3.05, 3.63) is 56.2 Å². The molecule has 0 bridgehead atoms. The van der Waals surface area contributed by atoms with Crippen LogP contribution in [0.3, 0.4) is 0 Å². The summed E-state index contributed by atoms with van der Waals surface area (Å²) in [6.07, 6.45) is 3.37. The summed E-state index contributed by atoms with van der Waals surface area (Å²) in [5, 5.41) is 2.90. The normalized spacial score (nSPS) is 10.9. The first-order valence-electron chi connectivity index (χ1n) is 5.87. The van der Waals surface area contributed by atoms with E-state index in [-0.39, 0.29) is 5.91 Å². The molecule has 0 fully saturated rings. The maximum atomic E-state index is 11.9. The molecule has 0 saturated heterocycles. The van der Waals surface area contributed by atoms with Crippen LogP contribution in [0.25, 0.3) is 6.08 Å². The predicted octanol–water partition coefficient (Wildman–Crippen LogP) is 4.78. The Hall–Kier alpha value is -1.39. The number of hydrogen-bond acceptors (Lipinski definition) is 2. The van der Waals surface area contributed by atoms with Crippen molar-refractivity contribution in [1.82, 2.24) is 0 Å². The van der Waals surface area contributed by atoms with Gasteiger partial charge in [-0.05, 0) is 65.2 Å². The van der Waals surface area contributed by atoms with Crippen LogP contribution in [0, 0.1) is 13.8 Å². The monoisotopic (exact) mass is 335 g/mol. The number of hydrogen-bond donors (Lipinski definition) is 1. The van der Waals surface area contributed by atoms with Crippen molar-refractivity contribution in [2.45, 2.75) is 13.8 Å². The fourth-order valence-corrected chi connectivity index (χ4v) is 2.96. The van der Waals surface area contributed by atoms with Gasteiger partial charge in [-0.25, -0.2) is 0 Å². The number of thiophene rings is 1. The molecule has 98 valence electrons. The van der Waals surface area contributed by atoms with Crippen molar-refractivity contribution in [2.24, 2.45) is 0 Å². The molecule has 1 aromatic heterocycles. The number of nitrogens with one attached hydrogen (secondary N) is 1. The van der Waals surface area contributed by atoms with Gasteiger partial charge >= 0.3 is 0 Å². The standard InChI is InChI=1S/C15H14BrNOS/c1-10-4-3-5-13(11(10)2)17-15(18)9-7-12-6-8-14(16)19-12/h3-9H,1-2H3,(H,17,18). The van der Waals surface area contributed by atoms with Gasteiger partial charge in [-0.15, -0.1) is 11.3 Å². The van der Waals surface area contributed by atoms with E-state index in [0.29, 0.717) is 0 Å². The van der Waals surface area contributed by atoms with E-state index in [1.54, 1.807) is 17.4 Å². The molecule has 2 rings (SSSR count). The van der Waals surface area contributed by atoms with Gasteiger partial charge in [-0.2, -0.15) is 0 Å². The van der Waals surface area contributed by atoms with Gasteiger partial charge in [-0.3, -0.25) is 4.79 Å². The molecule has 1 heterocycles. The third-order valence-corrected chi connectivity index (χ3v) is 4.44. The summed E-state index contributed by atoms with van der Waals surface area (Å²) in [5.74, 6) is -0.113. The van der Waals surface area contributed by atoms with Crippen LogP contribution in [-0.4, -0.2) is 5.91 Å². The van der Waals surface area contributed by atoms with Gasteiger partial charge in [-0.1, -0.05) is 12.1 Å². The first-order valence-corrected chi connectivity index (χ1v) is 7.48. The fourth-order valence-electron chi connectivity index (χ4n) is 1.64. The number of aryl methyl sites for hydroxylation is 1. The van der Waals surface area contributed by atoms with E-state index in [4.69, 9.17) is 0 Å². The number of rotatable bonds is 3. The number of halogens is 1. The zero-order valence-corrected chi connectivity index (χ0v) is 13.1. The first-order chi connectivity index (χ1) is 9.06. The Morgan fingerprint density at radius 2 is 2.05 bits per heavy atom. The van der Waals surface area contributed by atoms with Crippen molar-refractivity contribution >= 4 is 44.9 Å². The Kier molecular flexibility index (Phi) is 4.56. The van der Waals surface area contributed by atoms with E-state index in [1.807, 2.05) is 50.3 Å². The van der Waals surface area contributed by atoms with Gasteiger partial charge in [0.15, 0.2) is 0 Å². The maximum Gasteiger partial charge on any atom is 0.248 e. The third kappa shape index (κ3) is 3.78. The minimum atomic E-state index is -0.113. The quantitative estimate of drug-likeness (QED) is 0.803. The Morgan fingerprint density at radius 3 is 2.74 bits per heavy atom. The molecule has 0 aliphatic carbocycles. The lowest BCUT2D eigenvalue weighted by atomic mass is 10.1. The second-order valence-electron chi connectivity index (χ2n) is 4.21. The highest BCUT2D eigenvalue weighted by Crippen LogP contribution is 2.23. The molecular formula is C15H14BrNOS. The number of anilines is 1. The molecule has 0 aliphatic rings. The number of amides is 1. The Balaban J connectivity index is 2.05. The zero-order valence-electron chi connectivity index (χ0n) is 10.7. The van der Waals surface area contributed by atoms with Crippen LogP contribution < -0.4 is 5.32 Å². The Labute approximate surface area is 125 Å². The third-order valence-electron chi connectivity index (χ3n) is 2.86. The molecule has 2 aromatic rings. The SMILES string of the molecule is Cc1cccc(NC(=O)C=Cc2ccc(Br)s2)c1C. The summed E-state index contributed by atoms with van der Waals surface area (Å²) in [4.78, 5) is 12.9. The average Bonchev–Trinajstić information content (AvgIpc) is 2.78. The van der Waals surface area contributed by atoms with Gasteiger partial charge in [0.25, 0.3) is 0 Å². The highest BCUT2D eigenvalue weighted by atomic mass is 79.9. The number of benzene rings is 1. The molecule has 19 heavy (non-hydrogen) atoms. The molecule has 0 spiro atoms. The average molecular weight is 336 g/mol. The summed E-state index contributed by atoms with van der Waals surface area (Å²) < 4.78 is 1.06. The van der Waals surface area contributed by atoms with Crippen molar-refractivity contribution in [1.29, 1.82) is 0 Å². The highest BCUT2D eigenvalue weighted by Gasteiger charge is 2.03. The fraction of sp³-hybridized carbons (Fsp3) is 0.133. The molecule has 2 nitrogen and oxygen atoms in total. The van der Waals surface area contributed by atoms with Crippen LogP contribution in [0.2, 0.25) is 0 Å². The summed E-state index contributed by atoms with van der Waals surface area (Å²) >= 11 is 4.99. The summed E-state index contributed by atoms with van der Waals surface area (Å²) in [6.45, 7) is 4.04. The van der Waals surface area contributed by atoms with Crippen LogP contribution in [0.15, 0.2) is 40.2 Å². The van der Waals surface area contributed by atoms with Gasteiger partial charge in [0.05, 0.1) is 3.79 Å². The van der Waals surface area contributed by atoms with Crippen molar-refractivity contribution in [3.63, 3.8) is 0 Å². The first kappa shape index (κ1) is 14.0. The van der Waals surface area contributed by atoms with Crippen molar-refractivity contribution < 1.29 is 4.79 Å². The Bertz CT molecular complexity index is 631. The molecular weight excluding hydrogens is 322 g/mol. The van der Waals surface area contributed by atoms with E-state index in [9.17, 15) is 4.79 Å². The summed E-state index contributed by atoms with van der Waals surface area (Å²) in [7, 11) is 0. The van der Waals surface area contributed by atoms with E-state index in [0.717, 1.165) is 19.9 Å². The lowest BCUT2D eigenvalue weighted by Gasteiger charge is -2.08. The molecule has 0 unspecified atom stereocenters. The van der Waals surface area contributed by atoms with Gasteiger partial charge in [0, 0.05) is 16.6 Å². The largest absolute Gasteiger partial charge is 0.322 e. The molecule has 1 aromatic carbocycles. The highest BCUT2D eigenvalue weighted by molar-refractivity contribution is 9.11. The summed E-state index contributed by atoms with van der Waals surface area (Å²) in [6, 6.07) is 9.82. The maximum absolute atomic E-state index is 11.9. The molecule has 1 N–H and O–H groups in total. The molecule has 0 aliphatic heterocycles. The molecule has 0 radical (unpaired) electrons. The van der Waals surface area contributed by atoms with Crippen molar-refractivity contribution in [2.75, 3.05) is 5.32 Å². The van der Waals surface area contributed by atoms with E-state index >= 15 is 0 Å². The van der Waals surface area contributed by atoms with E-state index in [2.05, 4.69) is 21.2 Å². The number of carbonyl (C=O) groups excluding carboxylic acids is 1. The topological polar surface area (TPSA) is 29.1 Å². The summed E-state index contributed by atoms with van der Waals surface area (Å²) in [5.41, 5.74) is 3.13. The molecule has 4 heteroatoms. The van der Waals surface area contributed by atoms with E-state index < -0.39 is 0 Å². The lowest BCUT2D eigenvalue weighted by Crippen LogP contribution is -2.09.